The van der Waals surface area contributed by atoms with Crippen LogP contribution in [0.4, 0.5) is 4.39 Å². The monoisotopic (exact) mass is 219 g/mol. The second-order valence-electron chi connectivity index (χ2n) is 2.85. The van der Waals surface area contributed by atoms with Gasteiger partial charge in [0.05, 0.1) is 6.61 Å². The SMILES string of the molecule is CS(=O)(=O)c1cc(CON)ccc1F. The molecule has 0 aliphatic carbocycles. The highest BCUT2D eigenvalue weighted by molar-refractivity contribution is 7.90. The van der Waals surface area contributed by atoms with E-state index in [0.717, 1.165) is 12.3 Å². The highest BCUT2D eigenvalue weighted by Gasteiger charge is 2.13. The van der Waals surface area contributed by atoms with E-state index in [4.69, 9.17) is 5.90 Å². The minimum absolute atomic E-state index is 0.0444. The average molecular weight is 219 g/mol. The maximum Gasteiger partial charge on any atom is 0.178 e. The van der Waals surface area contributed by atoms with Crippen LogP contribution in [0.2, 0.25) is 0 Å². The summed E-state index contributed by atoms with van der Waals surface area (Å²) < 4.78 is 35.3. The maximum atomic E-state index is 13.1. The fraction of sp³-hybridized carbons (Fsp3) is 0.250. The molecule has 0 spiro atoms. The Balaban J connectivity index is 3.22. The molecule has 0 aliphatic heterocycles. The molecule has 1 rings (SSSR count). The van der Waals surface area contributed by atoms with Crippen LogP contribution < -0.4 is 5.90 Å². The fourth-order valence-corrected chi connectivity index (χ4v) is 1.81. The molecule has 6 heteroatoms. The minimum atomic E-state index is -3.55. The van der Waals surface area contributed by atoms with Gasteiger partial charge in [-0.2, -0.15) is 0 Å². The molecule has 2 N–H and O–H groups in total. The molecule has 4 nitrogen and oxygen atoms in total. The zero-order valence-electron chi connectivity index (χ0n) is 7.53. The van der Waals surface area contributed by atoms with E-state index in [-0.39, 0.29) is 11.5 Å². The first-order chi connectivity index (χ1) is 6.45. The molecule has 0 unspecified atom stereocenters. The van der Waals surface area contributed by atoms with Crippen LogP contribution in [-0.2, 0) is 21.3 Å². The summed E-state index contributed by atoms with van der Waals surface area (Å²) in [5, 5.41) is 0. The van der Waals surface area contributed by atoms with Gasteiger partial charge in [0.1, 0.15) is 10.7 Å². The van der Waals surface area contributed by atoms with Crippen molar-refractivity contribution in [3.63, 3.8) is 0 Å². The number of nitrogens with two attached hydrogens (primary N) is 1. The number of sulfone groups is 1. The average Bonchev–Trinajstić information content (AvgIpc) is 2.07. The van der Waals surface area contributed by atoms with Crippen molar-refractivity contribution in [2.45, 2.75) is 11.5 Å². The molecule has 0 saturated heterocycles. The molecule has 1 aromatic rings. The van der Waals surface area contributed by atoms with Gasteiger partial charge in [-0.05, 0) is 17.7 Å². The van der Waals surface area contributed by atoms with E-state index in [1.54, 1.807) is 0 Å². The third kappa shape index (κ3) is 2.50. The summed E-state index contributed by atoms with van der Waals surface area (Å²) in [6.07, 6.45) is 0.943. The van der Waals surface area contributed by atoms with E-state index in [1.165, 1.54) is 12.1 Å². The van der Waals surface area contributed by atoms with E-state index in [1.807, 2.05) is 0 Å². The molecule has 0 aliphatic rings. The molecule has 0 amide bonds. The molecule has 0 atom stereocenters. The predicted octanol–water partition coefficient (Wildman–Crippen LogP) is 0.620. The predicted molar refractivity (Wildman–Crippen MR) is 48.5 cm³/mol. The summed E-state index contributed by atoms with van der Waals surface area (Å²) in [6, 6.07) is 3.69. The van der Waals surface area contributed by atoms with Crippen molar-refractivity contribution >= 4 is 9.84 Å². The third-order valence-electron chi connectivity index (χ3n) is 1.65. The summed E-state index contributed by atoms with van der Waals surface area (Å²) >= 11 is 0. The molecular weight excluding hydrogens is 209 g/mol. The highest BCUT2D eigenvalue weighted by atomic mass is 32.2. The van der Waals surface area contributed by atoms with Gasteiger partial charge in [-0.3, -0.25) is 4.84 Å². The summed E-state index contributed by atoms with van der Waals surface area (Å²) in [6.45, 7) is 0.0444. The molecule has 0 bridgehead atoms. The Morgan fingerprint density at radius 2 is 2.14 bits per heavy atom. The largest absolute Gasteiger partial charge is 0.300 e. The van der Waals surface area contributed by atoms with Crippen molar-refractivity contribution in [3.8, 4) is 0 Å². The van der Waals surface area contributed by atoms with Gasteiger partial charge in [0.15, 0.2) is 9.84 Å². The van der Waals surface area contributed by atoms with E-state index in [2.05, 4.69) is 4.84 Å². The van der Waals surface area contributed by atoms with Crippen molar-refractivity contribution in [2.75, 3.05) is 6.26 Å². The normalized spacial score (nSPS) is 11.6. The molecule has 0 aromatic heterocycles. The van der Waals surface area contributed by atoms with Crippen molar-refractivity contribution in [1.29, 1.82) is 0 Å². The standard InChI is InChI=1S/C8H10FNO3S/c1-14(11,12)8-4-6(5-13-10)2-3-7(8)9/h2-4H,5,10H2,1H3. The van der Waals surface area contributed by atoms with Crippen LogP contribution in [0, 0.1) is 5.82 Å². The topological polar surface area (TPSA) is 69.4 Å². The molecule has 14 heavy (non-hydrogen) atoms. The maximum absolute atomic E-state index is 13.1. The first-order valence-corrected chi connectivity index (χ1v) is 5.64. The van der Waals surface area contributed by atoms with E-state index >= 15 is 0 Å². The van der Waals surface area contributed by atoms with Crippen LogP contribution in [-0.4, -0.2) is 14.7 Å². The summed E-state index contributed by atoms with van der Waals surface area (Å²) in [7, 11) is -3.55. The van der Waals surface area contributed by atoms with E-state index in [0.29, 0.717) is 5.56 Å². The molecule has 1 aromatic carbocycles. The lowest BCUT2D eigenvalue weighted by atomic mass is 10.2. The lowest BCUT2D eigenvalue weighted by Gasteiger charge is -2.03. The van der Waals surface area contributed by atoms with Gasteiger partial charge in [0.25, 0.3) is 0 Å². The molecule has 0 saturated carbocycles. The third-order valence-corrected chi connectivity index (χ3v) is 2.76. The number of rotatable bonds is 3. The van der Waals surface area contributed by atoms with Crippen LogP contribution in [0.25, 0.3) is 0 Å². The highest BCUT2D eigenvalue weighted by Crippen LogP contribution is 2.16. The molecular formula is C8H10FNO3S. The molecule has 0 heterocycles. The summed E-state index contributed by atoms with van der Waals surface area (Å²) in [5.41, 5.74) is 0.509. The first-order valence-electron chi connectivity index (χ1n) is 3.75. The minimum Gasteiger partial charge on any atom is -0.300 e. The van der Waals surface area contributed by atoms with Crippen LogP contribution in [0.3, 0.4) is 0 Å². The van der Waals surface area contributed by atoms with Crippen molar-refractivity contribution < 1.29 is 17.6 Å². The van der Waals surface area contributed by atoms with Crippen LogP contribution >= 0.6 is 0 Å². The van der Waals surface area contributed by atoms with Gasteiger partial charge in [-0.25, -0.2) is 18.7 Å². The summed E-state index contributed by atoms with van der Waals surface area (Å²) in [5.74, 6) is 4.04. The van der Waals surface area contributed by atoms with Gasteiger partial charge in [0.2, 0.25) is 0 Å². The zero-order chi connectivity index (χ0) is 10.8. The Hall–Kier alpha value is -0.980. The Kier molecular flexibility index (Phi) is 3.20. The molecule has 78 valence electrons. The lowest BCUT2D eigenvalue weighted by molar-refractivity contribution is 0.124. The number of hydrogen-bond donors (Lipinski definition) is 1. The number of hydrogen-bond acceptors (Lipinski definition) is 4. The fourth-order valence-electron chi connectivity index (χ4n) is 1.02. The Labute approximate surface area is 81.4 Å². The summed E-state index contributed by atoms with van der Waals surface area (Å²) in [4.78, 5) is 3.98. The second kappa shape index (κ2) is 4.04. The van der Waals surface area contributed by atoms with Gasteiger partial charge < -0.3 is 0 Å². The van der Waals surface area contributed by atoms with Crippen LogP contribution in [0.1, 0.15) is 5.56 Å². The van der Waals surface area contributed by atoms with Gasteiger partial charge in [-0.15, -0.1) is 0 Å². The Bertz CT molecular complexity index is 430. The molecule has 0 fully saturated rings. The first kappa shape index (κ1) is 11.1. The zero-order valence-corrected chi connectivity index (χ0v) is 8.34. The van der Waals surface area contributed by atoms with Crippen LogP contribution in [0.15, 0.2) is 23.1 Å². The number of benzene rings is 1. The van der Waals surface area contributed by atoms with Gasteiger partial charge in [-0.1, -0.05) is 6.07 Å². The quantitative estimate of drug-likeness (QED) is 0.756. The van der Waals surface area contributed by atoms with Crippen molar-refractivity contribution in [1.82, 2.24) is 0 Å². The van der Waals surface area contributed by atoms with E-state index < -0.39 is 15.7 Å². The Morgan fingerprint density at radius 3 is 2.64 bits per heavy atom. The van der Waals surface area contributed by atoms with Crippen LogP contribution in [0.5, 0.6) is 0 Å². The smallest absolute Gasteiger partial charge is 0.178 e. The van der Waals surface area contributed by atoms with Crippen molar-refractivity contribution in [2.24, 2.45) is 5.90 Å². The van der Waals surface area contributed by atoms with Gasteiger partial charge >= 0.3 is 0 Å². The van der Waals surface area contributed by atoms with Crippen molar-refractivity contribution in [3.05, 3.63) is 29.6 Å². The lowest BCUT2D eigenvalue weighted by Crippen LogP contribution is -2.04. The molecule has 0 radical (unpaired) electrons. The van der Waals surface area contributed by atoms with Gasteiger partial charge in [0, 0.05) is 6.26 Å². The second-order valence-corrected chi connectivity index (χ2v) is 4.83. The Morgan fingerprint density at radius 1 is 1.50 bits per heavy atom. The van der Waals surface area contributed by atoms with E-state index in [9.17, 15) is 12.8 Å². The number of halogens is 1.